The van der Waals surface area contributed by atoms with E-state index in [-0.39, 0.29) is 6.79 Å². The Morgan fingerprint density at radius 3 is 2.91 bits per heavy atom. The van der Waals surface area contributed by atoms with Gasteiger partial charge in [-0.15, -0.1) is 11.3 Å². The number of amides is 1. The Morgan fingerprint density at radius 2 is 2.17 bits per heavy atom. The fourth-order valence-corrected chi connectivity index (χ4v) is 2.93. The molecule has 1 aromatic carbocycles. The van der Waals surface area contributed by atoms with Crippen molar-refractivity contribution in [3.63, 3.8) is 0 Å². The van der Waals surface area contributed by atoms with E-state index in [1.54, 1.807) is 19.1 Å². The van der Waals surface area contributed by atoms with Gasteiger partial charge >= 0.3 is 5.97 Å². The van der Waals surface area contributed by atoms with Gasteiger partial charge in [0.15, 0.2) is 11.5 Å². The number of nitrogens with zero attached hydrogens (tertiary/aromatic N) is 1. The summed E-state index contributed by atoms with van der Waals surface area (Å²) >= 11 is 1.19. The van der Waals surface area contributed by atoms with E-state index in [9.17, 15) is 9.59 Å². The highest BCUT2D eigenvalue weighted by molar-refractivity contribution is 7.16. The van der Waals surface area contributed by atoms with Gasteiger partial charge in [-0.05, 0) is 24.6 Å². The molecule has 0 spiro atoms. The van der Waals surface area contributed by atoms with E-state index in [0.717, 1.165) is 5.56 Å². The second-order valence-electron chi connectivity index (χ2n) is 4.87. The van der Waals surface area contributed by atoms with Crippen LogP contribution in [0.3, 0.4) is 0 Å². The Bertz CT molecular complexity index is 758. The van der Waals surface area contributed by atoms with Gasteiger partial charge < -0.3 is 19.9 Å². The Hall–Kier alpha value is -2.61. The predicted octanol–water partition coefficient (Wildman–Crippen LogP) is 2.13. The maximum atomic E-state index is 12.1. The summed E-state index contributed by atoms with van der Waals surface area (Å²) in [6, 6.07) is 4.52. The molecule has 3 rings (SSSR count). The number of thiazole rings is 1. The molecular weight excluding hydrogens is 320 g/mol. The Labute approximate surface area is 135 Å². The largest absolute Gasteiger partial charge is 0.480 e. The number of aromatic nitrogens is 1. The zero-order valence-electron chi connectivity index (χ0n) is 12.2. The van der Waals surface area contributed by atoms with Crippen molar-refractivity contribution in [2.75, 3.05) is 6.79 Å². The molecule has 1 amide bonds. The summed E-state index contributed by atoms with van der Waals surface area (Å²) in [5, 5.41) is 12.1. The van der Waals surface area contributed by atoms with Gasteiger partial charge in [-0.2, -0.15) is 0 Å². The van der Waals surface area contributed by atoms with Gasteiger partial charge in [-0.1, -0.05) is 6.92 Å². The summed E-state index contributed by atoms with van der Waals surface area (Å²) in [4.78, 5) is 27.7. The lowest BCUT2D eigenvalue weighted by Gasteiger charge is -2.10. The molecule has 2 aromatic rings. The van der Waals surface area contributed by atoms with Crippen LogP contribution in [0.4, 0.5) is 0 Å². The average molecular weight is 334 g/mol. The van der Waals surface area contributed by atoms with Gasteiger partial charge in [0, 0.05) is 5.56 Å². The van der Waals surface area contributed by atoms with Gasteiger partial charge in [0.1, 0.15) is 15.9 Å². The molecule has 1 aromatic heterocycles. The number of fused-ring (bicyclic) bond motifs is 1. The van der Waals surface area contributed by atoms with Crippen LogP contribution >= 0.6 is 11.3 Å². The molecule has 7 nitrogen and oxygen atoms in total. The maximum absolute atomic E-state index is 12.1. The monoisotopic (exact) mass is 334 g/mol. The number of carboxylic acids is 1. The number of aliphatic carboxylic acids is 1. The van der Waals surface area contributed by atoms with Gasteiger partial charge in [0.2, 0.25) is 6.79 Å². The van der Waals surface area contributed by atoms with E-state index in [2.05, 4.69) is 10.3 Å². The first-order valence-electron chi connectivity index (χ1n) is 6.98. The van der Waals surface area contributed by atoms with Gasteiger partial charge in [0.25, 0.3) is 5.91 Å². The summed E-state index contributed by atoms with van der Waals surface area (Å²) in [6.07, 6.45) is 1.75. The smallest absolute Gasteiger partial charge is 0.326 e. The van der Waals surface area contributed by atoms with Crippen LogP contribution in [-0.2, 0) is 4.79 Å². The number of hydrogen-bond donors (Lipinski definition) is 2. The molecule has 0 fully saturated rings. The SMILES string of the molecule is CCC(NC(=O)c1cnc(-c2ccc3c(c2)OCO3)s1)C(=O)O. The number of nitrogens with one attached hydrogen (secondary N) is 1. The molecule has 0 bridgehead atoms. The van der Waals surface area contributed by atoms with E-state index in [4.69, 9.17) is 14.6 Å². The molecule has 0 aliphatic carbocycles. The number of hydrogen-bond acceptors (Lipinski definition) is 6. The van der Waals surface area contributed by atoms with Crippen LogP contribution in [0.2, 0.25) is 0 Å². The molecule has 2 N–H and O–H groups in total. The number of ether oxygens (including phenoxy) is 2. The summed E-state index contributed by atoms with van der Waals surface area (Å²) in [7, 11) is 0. The van der Waals surface area contributed by atoms with E-state index in [0.29, 0.717) is 27.8 Å². The highest BCUT2D eigenvalue weighted by Gasteiger charge is 2.21. The summed E-state index contributed by atoms with van der Waals surface area (Å²) in [6.45, 7) is 1.89. The molecule has 1 aliphatic rings. The predicted molar refractivity (Wildman–Crippen MR) is 82.9 cm³/mol. The van der Waals surface area contributed by atoms with Crippen LogP contribution in [0.5, 0.6) is 11.5 Å². The van der Waals surface area contributed by atoms with Crippen molar-refractivity contribution in [2.45, 2.75) is 19.4 Å². The third-order valence-corrected chi connectivity index (χ3v) is 4.41. The van der Waals surface area contributed by atoms with Crippen LogP contribution in [0.15, 0.2) is 24.4 Å². The average Bonchev–Trinajstić information content (AvgIpc) is 3.19. The molecule has 0 saturated heterocycles. The van der Waals surface area contributed by atoms with E-state index in [1.807, 2.05) is 6.07 Å². The quantitative estimate of drug-likeness (QED) is 0.869. The lowest BCUT2D eigenvalue weighted by molar-refractivity contribution is -0.139. The molecule has 8 heteroatoms. The Balaban J connectivity index is 1.77. The second-order valence-corrected chi connectivity index (χ2v) is 5.90. The zero-order valence-corrected chi connectivity index (χ0v) is 13.1. The van der Waals surface area contributed by atoms with E-state index < -0.39 is 17.9 Å². The molecular formula is C15H14N2O5S. The molecule has 1 unspecified atom stereocenters. The molecule has 23 heavy (non-hydrogen) atoms. The highest BCUT2D eigenvalue weighted by atomic mass is 32.1. The molecule has 0 saturated carbocycles. The van der Waals surface area contributed by atoms with Crippen molar-refractivity contribution in [2.24, 2.45) is 0 Å². The van der Waals surface area contributed by atoms with Crippen molar-refractivity contribution in [1.29, 1.82) is 0 Å². The van der Waals surface area contributed by atoms with Crippen LogP contribution in [0.25, 0.3) is 10.6 Å². The molecule has 2 heterocycles. The third-order valence-electron chi connectivity index (χ3n) is 3.36. The van der Waals surface area contributed by atoms with E-state index >= 15 is 0 Å². The normalized spacial score (nSPS) is 13.6. The minimum atomic E-state index is -1.05. The van der Waals surface area contributed by atoms with Gasteiger partial charge in [0.05, 0.1) is 6.20 Å². The van der Waals surface area contributed by atoms with Crippen molar-refractivity contribution < 1.29 is 24.2 Å². The van der Waals surface area contributed by atoms with Crippen molar-refractivity contribution >= 4 is 23.2 Å². The molecule has 1 aliphatic heterocycles. The first-order valence-corrected chi connectivity index (χ1v) is 7.79. The zero-order chi connectivity index (χ0) is 16.4. The molecule has 120 valence electrons. The Kier molecular flexibility index (Phi) is 4.16. The second kappa shape index (κ2) is 6.25. The van der Waals surface area contributed by atoms with Crippen molar-refractivity contribution in [3.8, 4) is 22.1 Å². The molecule has 0 radical (unpaired) electrons. The highest BCUT2D eigenvalue weighted by Crippen LogP contribution is 2.36. The van der Waals surface area contributed by atoms with Gasteiger partial charge in [-0.3, -0.25) is 4.79 Å². The fraction of sp³-hybridized carbons (Fsp3) is 0.267. The lowest BCUT2D eigenvalue weighted by atomic mass is 10.2. The minimum absolute atomic E-state index is 0.192. The first kappa shape index (κ1) is 15.3. The van der Waals surface area contributed by atoms with Gasteiger partial charge in [-0.25, -0.2) is 9.78 Å². The maximum Gasteiger partial charge on any atom is 0.326 e. The van der Waals surface area contributed by atoms with Crippen LogP contribution < -0.4 is 14.8 Å². The van der Waals surface area contributed by atoms with Crippen LogP contribution in [-0.4, -0.2) is 34.8 Å². The summed E-state index contributed by atoms with van der Waals surface area (Å²) in [5.41, 5.74) is 0.809. The molecule has 1 atom stereocenters. The number of carbonyl (C=O) groups excluding carboxylic acids is 1. The number of benzene rings is 1. The fourth-order valence-electron chi connectivity index (χ4n) is 2.11. The number of carboxylic acid groups (broad SMARTS) is 1. The van der Waals surface area contributed by atoms with Crippen LogP contribution in [0.1, 0.15) is 23.0 Å². The number of rotatable bonds is 5. The lowest BCUT2D eigenvalue weighted by Crippen LogP contribution is -2.39. The third kappa shape index (κ3) is 3.11. The van der Waals surface area contributed by atoms with Crippen molar-refractivity contribution in [1.82, 2.24) is 10.3 Å². The summed E-state index contributed by atoms with van der Waals surface area (Å²) < 4.78 is 10.6. The standard InChI is InChI=1S/C15H14N2O5S/c1-2-9(15(19)20)17-13(18)12-6-16-14(23-12)8-3-4-10-11(5-8)22-7-21-10/h3-6,9H,2,7H2,1H3,(H,17,18)(H,19,20). The van der Waals surface area contributed by atoms with Crippen molar-refractivity contribution in [3.05, 3.63) is 29.3 Å². The Morgan fingerprint density at radius 1 is 1.39 bits per heavy atom. The summed E-state index contributed by atoms with van der Waals surface area (Å²) in [5.74, 6) is -0.179. The van der Waals surface area contributed by atoms with E-state index in [1.165, 1.54) is 17.5 Å². The number of carbonyl (C=O) groups is 2. The first-order chi connectivity index (χ1) is 11.1. The topological polar surface area (TPSA) is 97.8 Å². The minimum Gasteiger partial charge on any atom is -0.480 e. The van der Waals surface area contributed by atoms with Crippen LogP contribution in [0, 0.1) is 0 Å².